The summed E-state index contributed by atoms with van der Waals surface area (Å²) in [4.78, 5) is 2.62. The summed E-state index contributed by atoms with van der Waals surface area (Å²) in [5.74, 6) is 0. The zero-order valence-corrected chi connectivity index (χ0v) is 12.5. The largest absolute Gasteiger partial charge is 0.394 e. The number of likely N-dealkylation sites (tertiary alicyclic amines) is 1. The van der Waals surface area contributed by atoms with Gasteiger partial charge in [-0.15, -0.1) is 0 Å². The Kier molecular flexibility index (Phi) is 7.20. The molecule has 2 unspecified atom stereocenters. The molecular formula is C15H32N2O. The smallest absolute Gasteiger partial charge is 0.0613 e. The second-order valence-corrected chi connectivity index (χ2v) is 5.81. The number of nitrogens with zero attached hydrogens (tertiary/aromatic N) is 1. The Morgan fingerprint density at radius 2 is 2.11 bits per heavy atom. The molecule has 1 aliphatic heterocycles. The summed E-state index contributed by atoms with van der Waals surface area (Å²) < 4.78 is 0. The number of aliphatic hydroxyl groups excluding tert-OH is 1. The Labute approximate surface area is 113 Å². The van der Waals surface area contributed by atoms with Gasteiger partial charge in [-0.25, -0.2) is 0 Å². The van der Waals surface area contributed by atoms with Crippen molar-refractivity contribution in [2.75, 3.05) is 26.2 Å². The van der Waals surface area contributed by atoms with Crippen molar-refractivity contribution in [2.45, 2.75) is 70.9 Å². The van der Waals surface area contributed by atoms with Crippen molar-refractivity contribution >= 4 is 0 Å². The van der Waals surface area contributed by atoms with E-state index in [0.717, 1.165) is 25.4 Å². The van der Waals surface area contributed by atoms with E-state index in [-0.39, 0.29) is 12.1 Å². The highest BCUT2D eigenvalue weighted by atomic mass is 16.3. The number of likely N-dealkylation sites (N-methyl/N-ethyl adjacent to an activating group) is 1. The lowest BCUT2D eigenvalue weighted by molar-refractivity contribution is 0.124. The van der Waals surface area contributed by atoms with Gasteiger partial charge in [0.2, 0.25) is 0 Å². The van der Waals surface area contributed by atoms with Gasteiger partial charge in [0.25, 0.3) is 0 Å². The van der Waals surface area contributed by atoms with Gasteiger partial charge in [-0.1, -0.05) is 20.3 Å². The highest BCUT2D eigenvalue weighted by Gasteiger charge is 2.26. The van der Waals surface area contributed by atoms with Crippen LogP contribution in [0.1, 0.15) is 59.3 Å². The van der Waals surface area contributed by atoms with Crippen LogP contribution in [-0.4, -0.2) is 47.8 Å². The van der Waals surface area contributed by atoms with E-state index in [2.05, 4.69) is 31.0 Å². The third kappa shape index (κ3) is 4.52. The van der Waals surface area contributed by atoms with Crippen LogP contribution in [0.25, 0.3) is 0 Å². The van der Waals surface area contributed by atoms with E-state index >= 15 is 0 Å². The zero-order chi connectivity index (χ0) is 13.4. The lowest BCUT2D eigenvalue weighted by Gasteiger charge is -2.36. The minimum atomic E-state index is -0.0478. The molecular weight excluding hydrogens is 224 g/mol. The first-order valence-electron chi connectivity index (χ1n) is 7.77. The molecule has 3 nitrogen and oxygen atoms in total. The average Bonchev–Trinajstić information content (AvgIpc) is 2.40. The highest BCUT2D eigenvalue weighted by molar-refractivity contribution is 4.86. The van der Waals surface area contributed by atoms with Gasteiger partial charge < -0.3 is 15.3 Å². The summed E-state index contributed by atoms with van der Waals surface area (Å²) in [6.45, 7) is 10.3. The van der Waals surface area contributed by atoms with E-state index in [1.807, 2.05) is 0 Å². The van der Waals surface area contributed by atoms with Gasteiger partial charge in [-0.2, -0.15) is 0 Å². The van der Waals surface area contributed by atoms with Gasteiger partial charge in [0.1, 0.15) is 0 Å². The van der Waals surface area contributed by atoms with Crippen LogP contribution in [0.2, 0.25) is 0 Å². The van der Waals surface area contributed by atoms with E-state index in [1.54, 1.807) is 0 Å². The van der Waals surface area contributed by atoms with Crippen molar-refractivity contribution in [3.05, 3.63) is 0 Å². The third-order valence-electron chi connectivity index (χ3n) is 4.57. The van der Waals surface area contributed by atoms with Crippen LogP contribution in [0, 0.1) is 0 Å². The molecule has 1 saturated heterocycles. The fourth-order valence-corrected chi connectivity index (χ4v) is 3.12. The molecule has 2 atom stereocenters. The molecule has 1 heterocycles. The first-order valence-corrected chi connectivity index (χ1v) is 7.77. The molecule has 108 valence electrons. The normalized spacial score (nSPS) is 25.0. The molecule has 2 N–H and O–H groups in total. The molecule has 3 heteroatoms. The summed E-state index contributed by atoms with van der Waals surface area (Å²) in [5, 5.41) is 13.1. The fourth-order valence-electron chi connectivity index (χ4n) is 3.12. The number of nitrogens with one attached hydrogen (secondary N) is 1. The molecule has 0 aliphatic carbocycles. The number of hydrogen-bond acceptors (Lipinski definition) is 3. The summed E-state index contributed by atoms with van der Waals surface area (Å²) in [7, 11) is 0. The van der Waals surface area contributed by atoms with Crippen LogP contribution in [0.3, 0.4) is 0 Å². The Bertz CT molecular complexity index is 217. The first-order chi connectivity index (χ1) is 8.67. The molecule has 0 aromatic rings. The fraction of sp³-hybridized carbons (Fsp3) is 1.00. The Hall–Kier alpha value is -0.120. The maximum Gasteiger partial charge on any atom is 0.0613 e. The van der Waals surface area contributed by atoms with Crippen molar-refractivity contribution in [3.63, 3.8) is 0 Å². The molecule has 1 fully saturated rings. The standard InChI is InChI=1S/C15H32N2O/c1-4-15(13-18,16-5-2)10-8-12-17-11-7-6-9-14(17)3/h14,16,18H,4-13H2,1-3H3. The minimum absolute atomic E-state index is 0.0478. The van der Waals surface area contributed by atoms with Gasteiger partial charge in [0, 0.05) is 11.6 Å². The molecule has 0 spiro atoms. The first kappa shape index (κ1) is 15.9. The second-order valence-electron chi connectivity index (χ2n) is 5.81. The lowest BCUT2D eigenvalue weighted by atomic mass is 9.90. The van der Waals surface area contributed by atoms with Crippen LogP contribution >= 0.6 is 0 Å². The third-order valence-corrected chi connectivity index (χ3v) is 4.57. The Morgan fingerprint density at radius 1 is 1.33 bits per heavy atom. The number of piperidine rings is 1. The number of rotatable bonds is 8. The van der Waals surface area contributed by atoms with Crippen molar-refractivity contribution < 1.29 is 5.11 Å². The van der Waals surface area contributed by atoms with Gasteiger partial charge in [-0.05, 0) is 58.7 Å². The molecule has 18 heavy (non-hydrogen) atoms. The lowest BCUT2D eigenvalue weighted by Crippen LogP contribution is -2.48. The van der Waals surface area contributed by atoms with Gasteiger partial charge in [0.15, 0.2) is 0 Å². The SMILES string of the molecule is CCNC(CC)(CO)CCCN1CCCCC1C. The number of aliphatic hydroxyl groups is 1. The quantitative estimate of drug-likeness (QED) is 0.700. The minimum Gasteiger partial charge on any atom is -0.394 e. The predicted molar refractivity (Wildman–Crippen MR) is 77.9 cm³/mol. The van der Waals surface area contributed by atoms with Crippen molar-refractivity contribution in [3.8, 4) is 0 Å². The summed E-state index contributed by atoms with van der Waals surface area (Å²) in [6.07, 6.45) is 7.38. The van der Waals surface area contributed by atoms with Crippen LogP contribution in [0.15, 0.2) is 0 Å². The summed E-state index contributed by atoms with van der Waals surface area (Å²) >= 11 is 0. The van der Waals surface area contributed by atoms with Crippen LogP contribution in [-0.2, 0) is 0 Å². The maximum atomic E-state index is 9.62. The van der Waals surface area contributed by atoms with E-state index < -0.39 is 0 Å². The van der Waals surface area contributed by atoms with Gasteiger partial charge in [-0.3, -0.25) is 0 Å². The molecule has 0 bridgehead atoms. The second kappa shape index (κ2) is 8.13. The zero-order valence-electron chi connectivity index (χ0n) is 12.5. The number of hydrogen-bond donors (Lipinski definition) is 2. The van der Waals surface area contributed by atoms with Crippen LogP contribution in [0.4, 0.5) is 0 Å². The molecule has 0 amide bonds. The Balaban J connectivity index is 2.33. The molecule has 1 aliphatic rings. The van der Waals surface area contributed by atoms with E-state index in [9.17, 15) is 5.11 Å². The van der Waals surface area contributed by atoms with Gasteiger partial charge in [0.05, 0.1) is 6.61 Å². The summed E-state index contributed by atoms with van der Waals surface area (Å²) in [5.41, 5.74) is -0.0478. The van der Waals surface area contributed by atoms with E-state index in [0.29, 0.717) is 0 Å². The maximum absolute atomic E-state index is 9.62. The monoisotopic (exact) mass is 256 g/mol. The van der Waals surface area contributed by atoms with Crippen LogP contribution in [0.5, 0.6) is 0 Å². The van der Waals surface area contributed by atoms with Crippen molar-refractivity contribution in [1.29, 1.82) is 0 Å². The van der Waals surface area contributed by atoms with E-state index in [4.69, 9.17) is 0 Å². The molecule has 0 aromatic heterocycles. The topological polar surface area (TPSA) is 35.5 Å². The molecule has 0 saturated carbocycles. The molecule has 0 radical (unpaired) electrons. The highest BCUT2D eigenvalue weighted by Crippen LogP contribution is 2.20. The molecule has 0 aromatic carbocycles. The van der Waals surface area contributed by atoms with Crippen molar-refractivity contribution in [2.24, 2.45) is 0 Å². The van der Waals surface area contributed by atoms with E-state index in [1.165, 1.54) is 38.8 Å². The van der Waals surface area contributed by atoms with Crippen LogP contribution < -0.4 is 5.32 Å². The van der Waals surface area contributed by atoms with Crippen molar-refractivity contribution in [1.82, 2.24) is 10.2 Å². The molecule has 1 rings (SSSR count). The van der Waals surface area contributed by atoms with Gasteiger partial charge >= 0.3 is 0 Å². The predicted octanol–water partition coefficient (Wildman–Crippen LogP) is 2.39. The summed E-state index contributed by atoms with van der Waals surface area (Å²) in [6, 6.07) is 0.753. The Morgan fingerprint density at radius 3 is 2.67 bits per heavy atom. The average molecular weight is 256 g/mol.